The van der Waals surface area contributed by atoms with Crippen LogP contribution in [0.3, 0.4) is 0 Å². The molecule has 0 aliphatic rings. The van der Waals surface area contributed by atoms with Gasteiger partial charge in [-0.05, 0) is 25.5 Å². The lowest BCUT2D eigenvalue weighted by Crippen LogP contribution is -2.14. The van der Waals surface area contributed by atoms with Gasteiger partial charge in [0.05, 0.1) is 0 Å². The Hall–Kier alpha value is -0.930. The first-order valence-corrected chi connectivity index (χ1v) is 4.84. The lowest BCUT2D eigenvalue weighted by molar-refractivity contribution is 0.524. The van der Waals surface area contributed by atoms with Gasteiger partial charge in [-0.25, -0.2) is 8.78 Å². The molecule has 0 aromatic heterocycles. The van der Waals surface area contributed by atoms with E-state index in [0.29, 0.717) is 6.42 Å². The Morgan fingerprint density at radius 3 is 2.33 bits per heavy atom. The van der Waals surface area contributed by atoms with Crippen LogP contribution in [0.2, 0.25) is 5.02 Å². The van der Waals surface area contributed by atoms with E-state index in [1.54, 1.807) is 6.92 Å². The van der Waals surface area contributed by atoms with Gasteiger partial charge in [-0.15, -0.1) is 6.58 Å². The van der Waals surface area contributed by atoms with Crippen molar-refractivity contribution >= 4 is 11.6 Å². The number of rotatable bonds is 3. The normalized spacial score (nSPS) is 12.6. The van der Waals surface area contributed by atoms with Crippen LogP contribution < -0.4 is 5.73 Å². The molecule has 82 valence electrons. The SMILES string of the molecule is C=C(C)C[C@@H](N)c1c(F)cc(Cl)cc1F. The summed E-state index contributed by atoms with van der Waals surface area (Å²) in [6.07, 6.45) is 0.343. The van der Waals surface area contributed by atoms with Crippen molar-refractivity contribution in [3.8, 4) is 0 Å². The van der Waals surface area contributed by atoms with Gasteiger partial charge in [-0.1, -0.05) is 17.2 Å². The van der Waals surface area contributed by atoms with E-state index >= 15 is 0 Å². The molecule has 1 nitrogen and oxygen atoms in total. The highest BCUT2D eigenvalue weighted by Crippen LogP contribution is 2.26. The van der Waals surface area contributed by atoms with Crippen molar-refractivity contribution in [3.63, 3.8) is 0 Å². The fourth-order valence-electron chi connectivity index (χ4n) is 1.39. The van der Waals surface area contributed by atoms with Crippen LogP contribution in [0.1, 0.15) is 24.9 Å². The fourth-order valence-corrected chi connectivity index (χ4v) is 1.58. The maximum Gasteiger partial charge on any atom is 0.132 e. The van der Waals surface area contributed by atoms with Crippen molar-refractivity contribution in [2.24, 2.45) is 5.73 Å². The first-order chi connectivity index (χ1) is 6.91. The molecule has 0 heterocycles. The van der Waals surface area contributed by atoms with Gasteiger partial charge in [0.15, 0.2) is 0 Å². The first kappa shape index (κ1) is 12.1. The van der Waals surface area contributed by atoms with E-state index in [0.717, 1.165) is 17.7 Å². The molecule has 0 unspecified atom stereocenters. The van der Waals surface area contributed by atoms with Crippen LogP contribution in [0, 0.1) is 11.6 Å². The van der Waals surface area contributed by atoms with Gasteiger partial charge < -0.3 is 5.73 Å². The zero-order valence-corrected chi connectivity index (χ0v) is 9.11. The van der Waals surface area contributed by atoms with Gasteiger partial charge in [0.25, 0.3) is 0 Å². The predicted octanol–water partition coefficient (Wildman–Crippen LogP) is 3.58. The summed E-state index contributed by atoms with van der Waals surface area (Å²) in [5, 5.41) is 0.0243. The Morgan fingerprint density at radius 2 is 1.93 bits per heavy atom. The van der Waals surface area contributed by atoms with Gasteiger partial charge in [0, 0.05) is 16.6 Å². The zero-order chi connectivity index (χ0) is 11.6. The quantitative estimate of drug-likeness (QED) is 0.791. The number of hydrogen-bond donors (Lipinski definition) is 1. The molecule has 1 atom stereocenters. The highest BCUT2D eigenvalue weighted by Gasteiger charge is 2.17. The third-order valence-electron chi connectivity index (χ3n) is 1.98. The lowest BCUT2D eigenvalue weighted by Gasteiger charge is -2.14. The summed E-state index contributed by atoms with van der Waals surface area (Å²) in [5.74, 6) is -1.43. The second-order valence-electron chi connectivity index (χ2n) is 3.55. The first-order valence-electron chi connectivity index (χ1n) is 4.46. The molecule has 0 bridgehead atoms. The van der Waals surface area contributed by atoms with E-state index in [1.807, 2.05) is 0 Å². The van der Waals surface area contributed by atoms with E-state index in [-0.39, 0.29) is 10.6 Å². The molecule has 0 aliphatic heterocycles. The second kappa shape index (κ2) is 4.73. The van der Waals surface area contributed by atoms with E-state index in [1.165, 1.54) is 0 Å². The minimum Gasteiger partial charge on any atom is -0.324 e. The Kier molecular flexibility index (Phi) is 3.83. The van der Waals surface area contributed by atoms with Crippen molar-refractivity contribution in [2.45, 2.75) is 19.4 Å². The molecular weight excluding hydrogens is 220 g/mol. The van der Waals surface area contributed by atoms with E-state index in [2.05, 4.69) is 6.58 Å². The summed E-state index contributed by atoms with van der Waals surface area (Å²) in [4.78, 5) is 0. The summed E-state index contributed by atoms with van der Waals surface area (Å²) in [6, 6.07) is 1.39. The molecule has 1 aromatic carbocycles. The maximum atomic E-state index is 13.4. The lowest BCUT2D eigenvalue weighted by atomic mass is 10.0. The van der Waals surface area contributed by atoms with E-state index in [4.69, 9.17) is 17.3 Å². The summed E-state index contributed by atoms with van der Waals surface area (Å²) < 4.78 is 26.8. The van der Waals surface area contributed by atoms with Crippen molar-refractivity contribution in [1.82, 2.24) is 0 Å². The molecule has 4 heteroatoms. The van der Waals surface area contributed by atoms with Crippen LogP contribution >= 0.6 is 11.6 Å². The molecule has 0 aliphatic carbocycles. The fraction of sp³-hybridized carbons (Fsp3) is 0.273. The Morgan fingerprint density at radius 1 is 1.47 bits per heavy atom. The third-order valence-corrected chi connectivity index (χ3v) is 2.20. The van der Waals surface area contributed by atoms with Crippen molar-refractivity contribution in [1.29, 1.82) is 0 Å². The molecule has 0 spiro atoms. The molecule has 0 radical (unpaired) electrons. The summed E-state index contributed by atoms with van der Waals surface area (Å²) in [7, 11) is 0. The third kappa shape index (κ3) is 3.01. The number of hydrogen-bond acceptors (Lipinski definition) is 1. The monoisotopic (exact) mass is 231 g/mol. The van der Waals surface area contributed by atoms with Crippen LogP contribution in [0.25, 0.3) is 0 Å². The van der Waals surface area contributed by atoms with E-state index in [9.17, 15) is 8.78 Å². The van der Waals surface area contributed by atoms with Crippen molar-refractivity contribution in [2.75, 3.05) is 0 Å². The van der Waals surface area contributed by atoms with E-state index < -0.39 is 17.7 Å². The van der Waals surface area contributed by atoms with Crippen LogP contribution in [-0.2, 0) is 0 Å². The minimum atomic E-state index is -0.722. The highest BCUT2D eigenvalue weighted by molar-refractivity contribution is 6.30. The summed E-state index contributed by atoms with van der Waals surface area (Å²) in [5.41, 5.74) is 6.30. The van der Waals surface area contributed by atoms with Gasteiger partial charge >= 0.3 is 0 Å². The average molecular weight is 232 g/mol. The maximum absolute atomic E-state index is 13.4. The molecule has 0 amide bonds. The minimum absolute atomic E-state index is 0.0243. The Labute approximate surface area is 92.5 Å². The average Bonchev–Trinajstić information content (AvgIpc) is 1.99. The highest BCUT2D eigenvalue weighted by atomic mass is 35.5. The van der Waals surface area contributed by atoms with Crippen LogP contribution in [0.15, 0.2) is 24.3 Å². The second-order valence-corrected chi connectivity index (χ2v) is 3.99. The number of nitrogens with two attached hydrogens (primary N) is 1. The molecule has 0 saturated carbocycles. The Bertz CT molecular complexity index is 367. The molecule has 0 fully saturated rings. The smallest absolute Gasteiger partial charge is 0.132 e. The van der Waals surface area contributed by atoms with Gasteiger partial charge in [0.1, 0.15) is 11.6 Å². The number of benzene rings is 1. The van der Waals surface area contributed by atoms with Gasteiger partial charge in [0.2, 0.25) is 0 Å². The van der Waals surface area contributed by atoms with Crippen LogP contribution in [0.4, 0.5) is 8.78 Å². The molecule has 2 N–H and O–H groups in total. The molecular formula is C11H12ClF2N. The summed E-state index contributed by atoms with van der Waals surface area (Å²) in [6.45, 7) is 5.40. The molecule has 1 aromatic rings. The van der Waals surface area contributed by atoms with Crippen molar-refractivity contribution < 1.29 is 8.78 Å². The van der Waals surface area contributed by atoms with Gasteiger partial charge in [-0.3, -0.25) is 0 Å². The molecule has 1 rings (SSSR count). The predicted molar refractivity (Wildman–Crippen MR) is 57.7 cm³/mol. The summed E-state index contributed by atoms with van der Waals surface area (Å²) >= 11 is 5.49. The Balaban J connectivity index is 3.08. The molecule has 0 saturated heterocycles. The topological polar surface area (TPSA) is 26.0 Å². The van der Waals surface area contributed by atoms with Gasteiger partial charge in [-0.2, -0.15) is 0 Å². The zero-order valence-electron chi connectivity index (χ0n) is 8.36. The number of halogens is 3. The largest absolute Gasteiger partial charge is 0.324 e. The molecule has 15 heavy (non-hydrogen) atoms. The van der Waals surface area contributed by atoms with Crippen molar-refractivity contribution in [3.05, 3.63) is 46.5 Å². The standard InChI is InChI=1S/C11H12ClF2N/c1-6(2)3-10(15)11-8(13)4-7(12)5-9(11)14/h4-5,10H,1,3,15H2,2H3/t10-/m1/s1. The van der Waals surface area contributed by atoms with Crippen LogP contribution in [0.5, 0.6) is 0 Å². The van der Waals surface area contributed by atoms with Crippen LogP contribution in [-0.4, -0.2) is 0 Å².